The molecule has 0 amide bonds. The van der Waals surface area contributed by atoms with Gasteiger partial charge in [-0.25, -0.2) is 0 Å². The average molecular weight is 786 g/mol. The van der Waals surface area contributed by atoms with Gasteiger partial charge in [0.05, 0.1) is 5.69 Å². The molecule has 0 bridgehead atoms. The van der Waals surface area contributed by atoms with Crippen LogP contribution >= 0.6 is 22.7 Å². The molecule has 276 valence electrons. The number of benzene rings is 10. The number of hydrogen-bond acceptors (Lipinski definition) is 3. The summed E-state index contributed by atoms with van der Waals surface area (Å²) in [7, 11) is 0. The molecule has 3 heteroatoms. The molecule has 0 aliphatic carbocycles. The van der Waals surface area contributed by atoms with Gasteiger partial charge in [-0.1, -0.05) is 127 Å². The Labute approximate surface area is 350 Å². The Kier molecular flexibility index (Phi) is 7.97. The van der Waals surface area contributed by atoms with Gasteiger partial charge in [-0.2, -0.15) is 0 Å². The smallest absolute Gasteiger partial charge is 0.0540 e. The van der Waals surface area contributed by atoms with Gasteiger partial charge in [0.15, 0.2) is 0 Å². The van der Waals surface area contributed by atoms with Gasteiger partial charge in [-0.15, -0.1) is 22.7 Å². The van der Waals surface area contributed by atoms with E-state index in [0.717, 1.165) is 17.1 Å². The highest BCUT2D eigenvalue weighted by Gasteiger charge is 2.17. The second-order valence-corrected chi connectivity index (χ2v) is 17.5. The monoisotopic (exact) mass is 785 g/mol. The lowest BCUT2D eigenvalue weighted by atomic mass is 9.92. The van der Waals surface area contributed by atoms with Gasteiger partial charge < -0.3 is 4.90 Å². The summed E-state index contributed by atoms with van der Waals surface area (Å²) in [6.07, 6.45) is 0. The fourth-order valence-electron chi connectivity index (χ4n) is 8.89. The van der Waals surface area contributed by atoms with Crippen molar-refractivity contribution in [3.05, 3.63) is 212 Å². The number of hydrogen-bond donors (Lipinski definition) is 0. The second kappa shape index (κ2) is 13.8. The zero-order valence-electron chi connectivity index (χ0n) is 32.0. The molecular weight excluding hydrogens is 751 g/mol. The van der Waals surface area contributed by atoms with E-state index in [-0.39, 0.29) is 0 Å². The van der Waals surface area contributed by atoms with Gasteiger partial charge in [-0.05, 0) is 134 Å². The molecular formula is C56H35NS2. The van der Waals surface area contributed by atoms with E-state index in [2.05, 4.69) is 217 Å². The third-order valence-corrected chi connectivity index (χ3v) is 14.1. The first-order chi connectivity index (χ1) is 29.2. The quantitative estimate of drug-likeness (QED) is 0.162. The van der Waals surface area contributed by atoms with Crippen molar-refractivity contribution in [2.24, 2.45) is 0 Å². The summed E-state index contributed by atoms with van der Waals surface area (Å²) < 4.78 is 5.29. The molecule has 0 fully saturated rings. The van der Waals surface area contributed by atoms with Crippen LogP contribution in [0.3, 0.4) is 0 Å². The summed E-state index contributed by atoms with van der Waals surface area (Å²) in [5.74, 6) is 0. The van der Waals surface area contributed by atoms with Gasteiger partial charge in [0.25, 0.3) is 0 Å². The van der Waals surface area contributed by atoms with Crippen molar-refractivity contribution in [3.8, 4) is 33.4 Å². The van der Waals surface area contributed by atoms with Crippen LogP contribution in [0.4, 0.5) is 17.1 Å². The topological polar surface area (TPSA) is 3.24 Å². The Hall–Kier alpha value is -7.04. The fraction of sp³-hybridized carbons (Fsp3) is 0. The van der Waals surface area contributed by atoms with Crippen LogP contribution < -0.4 is 4.90 Å². The molecule has 0 saturated carbocycles. The summed E-state index contributed by atoms with van der Waals surface area (Å²) in [5.41, 5.74) is 10.6. The van der Waals surface area contributed by atoms with Crippen LogP contribution in [0.15, 0.2) is 212 Å². The first-order valence-corrected chi connectivity index (χ1v) is 21.7. The van der Waals surface area contributed by atoms with Crippen LogP contribution in [0, 0.1) is 0 Å². The van der Waals surface area contributed by atoms with Crippen LogP contribution in [0.25, 0.3) is 95.3 Å². The maximum Gasteiger partial charge on any atom is 0.0540 e. The summed E-state index contributed by atoms with van der Waals surface area (Å²) in [5, 5.41) is 10.2. The standard InChI is InChI=1S/C56H35NS2/c1-2-12-39-33-46(27-22-36(39)10-1)57(52-17-9-13-38-11-3-4-14-47(38)52)45-25-20-37(21-26-45)42-30-43(40-23-28-55-50(34-40)48-15-5-7-18-53(48)58-55)32-44(31-42)41-24-29-56-51(35-41)49-16-6-8-19-54(49)59-56/h1-35H. The molecule has 0 spiro atoms. The van der Waals surface area contributed by atoms with Gasteiger partial charge in [0, 0.05) is 57.1 Å². The lowest BCUT2D eigenvalue weighted by molar-refractivity contribution is 1.30. The molecule has 2 heterocycles. The highest BCUT2D eigenvalue weighted by atomic mass is 32.1. The normalized spacial score (nSPS) is 11.7. The Morgan fingerprint density at radius 1 is 0.254 bits per heavy atom. The predicted molar refractivity (Wildman–Crippen MR) is 258 cm³/mol. The van der Waals surface area contributed by atoms with Crippen LogP contribution in [-0.4, -0.2) is 0 Å². The maximum atomic E-state index is 2.40. The van der Waals surface area contributed by atoms with Gasteiger partial charge in [0.2, 0.25) is 0 Å². The van der Waals surface area contributed by atoms with Crippen LogP contribution in [0.5, 0.6) is 0 Å². The largest absolute Gasteiger partial charge is 0.310 e. The van der Waals surface area contributed by atoms with E-state index >= 15 is 0 Å². The predicted octanol–water partition coefficient (Wildman–Crippen LogP) is 17.2. The van der Waals surface area contributed by atoms with Crippen molar-refractivity contribution >= 4 is 102 Å². The van der Waals surface area contributed by atoms with E-state index in [0.29, 0.717) is 0 Å². The second-order valence-electron chi connectivity index (χ2n) is 15.3. The first-order valence-electron chi connectivity index (χ1n) is 20.1. The molecule has 0 aliphatic rings. The third kappa shape index (κ3) is 5.89. The Bertz CT molecular complexity index is 3430. The van der Waals surface area contributed by atoms with E-state index in [9.17, 15) is 0 Å². The average Bonchev–Trinajstić information content (AvgIpc) is 3.87. The van der Waals surface area contributed by atoms with E-state index < -0.39 is 0 Å². The molecule has 0 atom stereocenters. The molecule has 2 aromatic heterocycles. The highest BCUT2D eigenvalue weighted by Crippen LogP contribution is 2.43. The molecule has 12 rings (SSSR count). The van der Waals surface area contributed by atoms with E-state index in [1.165, 1.54) is 95.3 Å². The minimum absolute atomic E-state index is 1.11. The molecule has 0 radical (unpaired) electrons. The summed E-state index contributed by atoms with van der Waals surface area (Å²) >= 11 is 3.73. The number of thiophene rings is 2. The minimum atomic E-state index is 1.11. The Morgan fingerprint density at radius 2 is 0.729 bits per heavy atom. The molecule has 59 heavy (non-hydrogen) atoms. The van der Waals surface area contributed by atoms with Crippen molar-refractivity contribution in [1.82, 2.24) is 0 Å². The van der Waals surface area contributed by atoms with Crippen LogP contribution in [0.2, 0.25) is 0 Å². The highest BCUT2D eigenvalue weighted by molar-refractivity contribution is 7.26. The number of anilines is 3. The van der Waals surface area contributed by atoms with Crippen molar-refractivity contribution in [2.45, 2.75) is 0 Å². The number of fused-ring (bicyclic) bond motifs is 8. The molecule has 0 aliphatic heterocycles. The summed E-state index contributed by atoms with van der Waals surface area (Å²) in [6.45, 7) is 0. The first kappa shape index (κ1) is 34.0. The van der Waals surface area contributed by atoms with Crippen molar-refractivity contribution < 1.29 is 0 Å². The molecule has 0 saturated heterocycles. The lowest BCUT2D eigenvalue weighted by Gasteiger charge is -2.27. The Balaban J connectivity index is 1.02. The molecule has 10 aromatic carbocycles. The van der Waals surface area contributed by atoms with Crippen LogP contribution in [-0.2, 0) is 0 Å². The number of rotatable bonds is 6. The third-order valence-electron chi connectivity index (χ3n) is 11.8. The zero-order chi connectivity index (χ0) is 38.9. The molecule has 12 aromatic rings. The molecule has 0 N–H and O–H groups in total. The van der Waals surface area contributed by atoms with E-state index in [1.54, 1.807) is 0 Å². The van der Waals surface area contributed by atoms with Gasteiger partial charge in [0.1, 0.15) is 0 Å². The van der Waals surface area contributed by atoms with Crippen molar-refractivity contribution in [3.63, 3.8) is 0 Å². The zero-order valence-corrected chi connectivity index (χ0v) is 33.6. The Morgan fingerprint density at radius 3 is 1.37 bits per heavy atom. The molecule has 1 nitrogen and oxygen atoms in total. The summed E-state index contributed by atoms with van der Waals surface area (Å²) in [4.78, 5) is 2.40. The van der Waals surface area contributed by atoms with E-state index in [4.69, 9.17) is 0 Å². The van der Waals surface area contributed by atoms with Crippen molar-refractivity contribution in [2.75, 3.05) is 4.90 Å². The lowest BCUT2D eigenvalue weighted by Crippen LogP contribution is -2.10. The van der Waals surface area contributed by atoms with Crippen LogP contribution in [0.1, 0.15) is 0 Å². The maximum absolute atomic E-state index is 2.40. The van der Waals surface area contributed by atoms with Gasteiger partial charge >= 0.3 is 0 Å². The SMILES string of the molecule is c1ccc2cc(N(c3ccc(-c4cc(-c5ccc6sc7ccccc7c6c5)cc(-c5ccc6sc7ccccc7c6c5)c4)cc3)c3cccc4ccccc34)ccc2c1. The fourth-order valence-corrected chi connectivity index (χ4v) is 11.1. The van der Waals surface area contributed by atoms with E-state index in [1.807, 2.05) is 22.7 Å². The van der Waals surface area contributed by atoms with Crippen molar-refractivity contribution in [1.29, 1.82) is 0 Å². The summed E-state index contributed by atoms with van der Waals surface area (Å²) in [6, 6.07) is 78.5. The number of nitrogens with zero attached hydrogens (tertiary/aromatic N) is 1. The van der Waals surface area contributed by atoms with Gasteiger partial charge in [-0.3, -0.25) is 0 Å². The molecule has 0 unspecified atom stereocenters. The minimum Gasteiger partial charge on any atom is -0.310 e.